The quantitative estimate of drug-likeness (QED) is 0.276. The molecular formula is C28H26F2N6O4. The number of aromatic amines is 1. The summed E-state index contributed by atoms with van der Waals surface area (Å²) in [5, 5.41) is 13.1. The van der Waals surface area contributed by atoms with Gasteiger partial charge in [-0.1, -0.05) is 0 Å². The summed E-state index contributed by atoms with van der Waals surface area (Å²) in [4.78, 5) is 38.8. The van der Waals surface area contributed by atoms with E-state index < -0.39 is 17.1 Å². The van der Waals surface area contributed by atoms with Crippen LogP contribution in [0.3, 0.4) is 0 Å². The van der Waals surface area contributed by atoms with E-state index in [9.17, 15) is 19.1 Å². The largest absolute Gasteiger partial charge is 0.396 e. The van der Waals surface area contributed by atoms with Gasteiger partial charge >= 0.3 is 0 Å². The molecule has 1 atom stereocenters. The predicted molar refractivity (Wildman–Crippen MR) is 148 cm³/mol. The molecule has 4 aromatic heterocycles. The van der Waals surface area contributed by atoms with Crippen molar-refractivity contribution in [2.75, 3.05) is 43.6 Å². The molecule has 40 heavy (non-hydrogen) atoms. The molecule has 0 radical (unpaired) electrons. The van der Waals surface area contributed by atoms with Crippen molar-refractivity contribution in [3.05, 3.63) is 58.1 Å². The normalized spacial score (nSPS) is 15.8. The molecule has 0 amide bonds. The number of carbonyl (C=O) groups excluding carboxylic acids is 1. The van der Waals surface area contributed by atoms with Crippen molar-refractivity contribution in [2.24, 2.45) is 7.05 Å². The van der Waals surface area contributed by atoms with Gasteiger partial charge in [0.15, 0.2) is 17.9 Å². The number of fused-ring (bicyclic) bond motifs is 4. The number of anilines is 2. The van der Waals surface area contributed by atoms with Gasteiger partial charge in [-0.05, 0) is 12.5 Å². The molecule has 6 rings (SSSR count). The van der Waals surface area contributed by atoms with Crippen molar-refractivity contribution in [2.45, 2.75) is 12.5 Å². The predicted octanol–water partition coefficient (Wildman–Crippen LogP) is 3.35. The Morgan fingerprint density at radius 3 is 2.83 bits per heavy atom. The lowest BCUT2D eigenvalue weighted by molar-refractivity contribution is 0.0248. The zero-order valence-electron chi connectivity index (χ0n) is 21.8. The van der Waals surface area contributed by atoms with Crippen LogP contribution >= 0.6 is 0 Å². The van der Waals surface area contributed by atoms with E-state index >= 15 is 4.39 Å². The molecule has 3 N–H and O–H groups in total. The lowest BCUT2D eigenvalue weighted by Gasteiger charge is -2.36. The molecule has 0 saturated carbocycles. The number of pyridine rings is 3. The zero-order chi connectivity index (χ0) is 28.1. The average molecular weight is 549 g/mol. The standard InChI is InChI=1S/C28H26F2N6O4/c1-31-20-8-19(29)23(30)21-22-25(36-4-6-40-16(12-36)3-5-37)18(10-32-27(22)34-24(20)21)14-7-17-26(39)15(13-38)11-35(2)28(17)33-9-14/h7-11,13,16,31,37H,3-6,12H2,1-2H3,(H,32,34). The maximum absolute atomic E-state index is 15.5. The van der Waals surface area contributed by atoms with Crippen molar-refractivity contribution in [3.63, 3.8) is 0 Å². The molecule has 10 nitrogen and oxygen atoms in total. The highest BCUT2D eigenvalue weighted by atomic mass is 19.2. The fraction of sp³-hybridized carbons (Fsp3) is 0.286. The van der Waals surface area contributed by atoms with Gasteiger partial charge in [-0.3, -0.25) is 9.59 Å². The van der Waals surface area contributed by atoms with Gasteiger partial charge in [-0.25, -0.2) is 18.7 Å². The number of hydrogen-bond donors (Lipinski definition) is 3. The summed E-state index contributed by atoms with van der Waals surface area (Å²) in [5.41, 5.74) is 2.65. The highest BCUT2D eigenvalue weighted by Gasteiger charge is 2.29. The number of halogens is 2. The van der Waals surface area contributed by atoms with E-state index in [1.807, 2.05) is 4.90 Å². The third-order valence-corrected chi connectivity index (χ3v) is 7.42. The summed E-state index contributed by atoms with van der Waals surface area (Å²) in [6.45, 7) is 1.11. The van der Waals surface area contributed by atoms with Crippen LogP contribution in [0.1, 0.15) is 16.8 Å². The number of nitrogens with zero attached hydrogens (tertiary/aromatic N) is 4. The average Bonchev–Trinajstić information content (AvgIpc) is 3.36. The molecule has 1 unspecified atom stereocenters. The second-order valence-electron chi connectivity index (χ2n) is 9.78. The van der Waals surface area contributed by atoms with Gasteiger partial charge in [0.1, 0.15) is 11.3 Å². The number of aryl methyl sites for hydroxylation is 1. The number of carbonyl (C=O) groups is 1. The molecule has 0 spiro atoms. The van der Waals surface area contributed by atoms with E-state index in [0.29, 0.717) is 77.1 Å². The molecule has 0 aliphatic carbocycles. The summed E-state index contributed by atoms with van der Waals surface area (Å²) in [5.74, 6) is -2.02. The Labute approximate surface area is 226 Å². The number of aliphatic hydroxyl groups excluding tert-OH is 1. The number of H-pyrrole nitrogens is 1. The van der Waals surface area contributed by atoms with Gasteiger partial charge in [0, 0.05) is 69.6 Å². The van der Waals surface area contributed by atoms with E-state index in [0.717, 1.165) is 6.07 Å². The smallest absolute Gasteiger partial charge is 0.201 e. The molecule has 1 saturated heterocycles. The SMILES string of the molecule is CNc1cc(F)c(F)c2c1[nH]c1ncc(-c3cnc4c(c3)c(=O)c(C=O)cn4C)c(N3CCOC(CCO)C3)c12. The lowest BCUT2D eigenvalue weighted by atomic mass is 10.00. The fourth-order valence-corrected chi connectivity index (χ4v) is 5.54. The Kier molecular flexibility index (Phi) is 6.43. The molecule has 1 aliphatic heterocycles. The summed E-state index contributed by atoms with van der Waals surface area (Å²) < 4.78 is 37.8. The van der Waals surface area contributed by atoms with E-state index in [4.69, 9.17) is 4.74 Å². The van der Waals surface area contributed by atoms with E-state index in [1.165, 1.54) is 6.20 Å². The van der Waals surface area contributed by atoms with Crippen LogP contribution in [-0.4, -0.2) is 70.4 Å². The maximum atomic E-state index is 15.5. The number of aromatic nitrogens is 4. The molecule has 1 aromatic carbocycles. The van der Waals surface area contributed by atoms with Gasteiger partial charge in [0.05, 0.1) is 51.3 Å². The van der Waals surface area contributed by atoms with E-state index in [2.05, 4.69) is 20.3 Å². The number of benzene rings is 1. The molecule has 1 fully saturated rings. The van der Waals surface area contributed by atoms with Crippen LogP contribution in [0, 0.1) is 11.6 Å². The van der Waals surface area contributed by atoms with Crippen LogP contribution in [0.4, 0.5) is 20.2 Å². The first-order valence-corrected chi connectivity index (χ1v) is 12.8. The minimum absolute atomic E-state index is 0.00320. The van der Waals surface area contributed by atoms with Gasteiger partial charge in [-0.2, -0.15) is 0 Å². The Morgan fingerprint density at radius 2 is 2.08 bits per heavy atom. The van der Waals surface area contributed by atoms with Crippen molar-refractivity contribution >= 4 is 50.6 Å². The highest BCUT2D eigenvalue weighted by Crippen LogP contribution is 2.43. The Bertz CT molecular complexity index is 1870. The number of nitrogens with one attached hydrogen (secondary N) is 2. The van der Waals surface area contributed by atoms with Gasteiger partial charge < -0.3 is 29.6 Å². The topological polar surface area (TPSA) is 125 Å². The molecule has 5 aromatic rings. The highest BCUT2D eigenvalue weighted by molar-refractivity contribution is 6.18. The first kappa shape index (κ1) is 25.8. The van der Waals surface area contributed by atoms with E-state index in [1.54, 1.807) is 37.1 Å². The summed E-state index contributed by atoms with van der Waals surface area (Å²) in [6.07, 6.45) is 5.25. The van der Waals surface area contributed by atoms with Crippen LogP contribution < -0.4 is 15.6 Å². The number of hydrogen-bond acceptors (Lipinski definition) is 8. The van der Waals surface area contributed by atoms with Crippen molar-refractivity contribution in [1.29, 1.82) is 0 Å². The molecule has 206 valence electrons. The van der Waals surface area contributed by atoms with Crippen LogP contribution in [0.25, 0.3) is 44.1 Å². The summed E-state index contributed by atoms with van der Waals surface area (Å²) in [7, 11) is 3.31. The number of aldehydes is 1. The first-order valence-electron chi connectivity index (χ1n) is 12.8. The number of rotatable bonds is 6. The Morgan fingerprint density at radius 1 is 1.25 bits per heavy atom. The van der Waals surface area contributed by atoms with E-state index in [-0.39, 0.29) is 29.0 Å². The van der Waals surface area contributed by atoms with Gasteiger partial charge in [0.2, 0.25) is 5.43 Å². The molecular weight excluding hydrogens is 522 g/mol. The zero-order valence-corrected chi connectivity index (χ0v) is 21.8. The second kappa shape index (κ2) is 9.96. The molecule has 5 heterocycles. The van der Waals surface area contributed by atoms with Crippen LogP contribution in [0.2, 0.25) is 0 Å². The number of ether oxygens (including phenoxy) is 1. The molecule has 0 bridgehead atoms. The van der Waals surface area contributed by atoms with Gasteiger partial charge in [0.25, 0.3) is 0 Å². The van der Waals surface area contributed by atoms with Gasteiger partial charge in [-0.15, -0.1) is 0 Å². The fourth-order valence-electron chi connectivity index (χ4n) is 5.54. The van der Waals surface area contributed by atoms with Crippen molar-refractivity contribution < 1.29 is 23.4 Å². The minimum atomic E-state index is -1.01. The van der Waals surface area contributed by atoms with Crippen LogP contribution in [0.15, 0.2) is 35.5 Å². The molecule has 12 heteroatoms. The summed E-state index contributed by atoms with van der Waals surface area (Å²) in [6, 6.07) is 2.73. The molecule has 1 aliphatic rings. The minimum Gasteiger partial charge on any atom is -0.396 e. The van der Waals surface area contributed by atoms with Crippen molar-refractivity contribution in [3.8, 4) is 11.1 Å². The number of aliphatic hydroxyl groups is 1. The van der Waals surface area contributed by atoms with Crippen LogP contribution in [0.5, 0.6) is 0 Å². The lowest BCUT2D eigenvalue weighted by Crippen LogP contribution is -2.43. The Hall–Kier alpha value is -4.42. The van der Waals surface area contributed by atoms with Crippen molar-refractivity contribution in [1.82, 2.24) is 19.5 Å². The third kappa shape index (κ3) is 3.98. The van der Waals surface area contributed by atoms with Crippen LogP contribution in [-0.2, 0) is 11.8 Å². The first-order chi connectivity index (χ1) is 19.4. The monoisotopic (exact) mass is 548 g/mol. The number of morpholine rings is 1. The Balaban J connectivity index is 1.69. The third-order valence-electron chi connectivity index (χ3n) is 7.42. The second-order valence-corrected chi connectivity index (χ2v) is 9.78. The maximum Gasteiger partial charge on any atom is 0.201 e. The summed E-state index contributed by atoms with van der Waals surface area (Å²) >= 11 is 0.